The molecule has 1 rings (SSSR count). The molecule has 0 radical (unpaired) electrons. The molecule has 0 fully saturated rings. The number of nitrogens with zero attached hydrogens (tertiary/aromatic N) is 3. The first-order valence-corrected chi connectivity index (χ1v) is 3.30. The summed E-state index contributed by atoms with van der Waals surface area (Å²) in [6.07, 6.45) is 2.75. The van der Waals surface area contributed by atoms with E-state index in [-0.39, 0.29) is 11.5 Å². The molecule has 2 N–H and O–H groups in total. The summed E-state index contributed by atoms with van der Waals surface area (Å²) in [7, 11) is 0. The van der Waals surface area contributed by atoms with E-state index in [0.29, 0.717) is 0 Å². The van der Waals surface area contributed by atoms with Crippen molar-refractivity contribution in [1.29, 1.82) is 5.26 Å². The number of nitrogens with two attached hydrogens (primary N) is 1. The maximum absolute atomic E-state index is 8.25. The van der Waals surface area contributed by atoms with Gasteiger partial charge in [0.15, 0.2) is 5.69 Å². The van der Waals surface area contributed by atoms with Crippen molar-refractivity contribution >= 4 is 5.82 Å². The van der Waals surface area contributed by atoms with Gasteiger partial charge in [0, 0.05) is 0 Å². The summed E-state index contributed by atoms with van der Waals surface area (Å²) in [6.45, 7) is 4.00. The van der Waals surface area contributed by atoms with Crippen molar-refractivity contribution in [2.45, 2.75) is 13.8 Å². The van der Waals surface area contributed by atoms with E-state index in [1.54, 1.807) is 0 Å². The zero-order chi connectivity index (χ0) is 8.69. The fourth-order valence-corrected chi connectivity index (χ4v) is 0.435. The Morgan fingerprint density at radius 3 is 2.45 bits per heavy atom. The summed E-state index contributed by atoms with van der Waals surface area (Å²) in [5.41, 5.74) is 5.45. The fraction of sp³-hybridized carbons (Fsp3) is 0.286. The van der Waals surface area contributed by atoms with Crippen LogP contribution in [0.4, 0.5) is 5.82 Å². The van der Waals surface area contributed by atoms with Crippen molar-refractivity contribution in [3.8, 4) is 6.07 Å². The van der Waals surface area contributed by atoms with Crippen LogP contribution in [0.5, 0.6) is 0 Å². The van der Waals surface area contributed by atoms with Crippen LogP contribution in [-0.4, -0.2) is 9.97 Å². The van der Waals surface area contributed by atoms with Crippen molar-refractivity contribution in [1.82, 2.24) is 9.97 Å². The highest BCUT2D eigenvalue weighted by Crippen LogP contribution is 1.93. The highest BCUT2D eigenvalue weighted by Gasteiger charge is 1.89. The SMILES string of the molecule is CC.N#Cc1cncc(N)n1. The Labute approximate surface area is 65.7 Å². The van der Waals surface area contributed by atoms with Crippen LogP contribution in [0.3, 0.4) is 0 Å². The van der Waals surface area contributed by atoms with Gasteiger partial charge in [-0.15, -0.1) is 0 Å². The van der Waals surface area contributed by atoms with Gasteiger partial charge in [-0.2, -0.15) is 5.26 Å². The van der Waals surface area contributed by atoms with E-state index in [0.717, 1.165) is 0 Å². The second-order valence-corrected chi connectivity index (χ2v) is 1.44. The summed E-state index contributed by atoms with van der Waals surface area (Å²) in [5, 5.41) is 8.25. The van der Waals surface area contributed by atoms with E-state index in [9.17, 15) is 0 Å². The van der Waals surface area contributed by atoms with Gasteiger partial charge in [0.1, 0.15) is 11.9 Å². The van der Waals surface area contributed by atoms with Crippen molar-refractivity contribution in [2.75, 3.05) is 5.73 Å². The normalized spacial score (nSPS) is 7.36. The first-order valence-electron chi connectivity index (χ1n) is 3.30. The zero-order valence-corrected chi connectivity index (χ0v) is 6.57. The third kappa shape index (κ3) is 3.16. The van der Waals surface area contributed by atoms with Crippen molar-refractivity contribution in [3.63, 3.8) is 0 Å². The minimum absolute atomic E-state index is 0.245. The van der Waals surface area contributed by atoms with Gasteiger partial charge in [0.05, 0.1) is 12.4 Å². The summed E-state index contributed by atoms with van der Waals surface area (Å²) >= 11 is 0. The maximum Gasteiger partial charge on any atom is 0.161 e. The molecule has 0 saturated heterocycles. The monoisotopic (exact) mass is 150 g/mol. The molecule has 4 nitrogen and oxygen atoms in total. The fourth-order valence-electron chi connectivity index (χ4n) is 0.435. The van der Waals surface area contributed by atoms with Crippen molar-refractivity contribution in [2.24, 2.45) is 0 Å². The number of nitriles is 1. The molecule has 0 aliphatic rings. The summed E-state index contributed by atoms with van der Waals surface area (Å²) < 4.78 is 0. The van der Waals surface area contributed by atoms with E-state index < -0.39 is 0 Å². The lowest BCUT2D eigenvalue weighted by atomic mass is 10.5. The molecule has 0 atom stereocenters. The van der Waals surface area contributed by atoms with E-state index in [2.05, 4.69) is 9.97 Å². The number of rotatable bonds is 0. The minimum atomic E-state index is 0.245. The van der Waals surface area contributed by atoms with E-state index in [4.69, 9.17) is 11.0 Å². The Bertz CT molecular complexity index is 251. The second-order valence-electron chi connectivity index (χ2n) is 1.44. The van der Waals surface area contributed by atoms with Crippen LogP contribution in [0.1, 0.15) is 19.5 Å². The first kappa shape index (κ1) is 9.37. The molecule has 0 bridgehead atoms. The molecule has 0 aliphatic heterocycles. The topological polar surface area (TPSA) is 75.6 Å². The molecule has 4 heteroatoms. The van der Waals surface area contributed by atoms with Gasteiger partial charge >= 0.3 is 0 Å². The Hall–Kier alpha value is -1.63. The molecule has 58 valence electrons. The molecule has 0 saturated carbocycles. The van der Waals surface area contributed by atoms with Gasteiger partial charge < -0.3 is 5.73 Å². The molecule has 0 unspecified atom stereocenters. The molecular formula is C7H10N4. The number of aromatic nitrogens is 2. The minimum Gasteiger partial charge on any atom is -0.382 e. The molecular weight excluding hydrogens is 140 g/mol. The van der Waals surface area contributed by atoms with Gasteiger partial charge in [0.2, 0.25) is 0 Å². The van der Waals surface area contributed by atoms with E-state index in [1.807, 2.05) is 19.9 Å². The van der Waals surface area contributed by atoms with Crippen LogP contribution in [0, 0.1) is 11.3 Å². The third-order valence-corrected chi connectivity index (χ3v) is 0.768. The van der Waals surface area contributed by atoms with Gasteiger partial charge in [-0.05, 0) is 0 Å². The first-order chi connectivity index (χ1) is 5.33. The molecule has 11 heavy (non-hydrogen) atoms. The molecule has 0 spiro atoms. The number of hydrogen-bond acceptors (Lipinski definition) is 4. The van der Waals surface area contributed by atoms with E-state index >= 15 is 0 Å². The average Bonchev–Trinajstić information content (AvgIpc) is 2.08. The van der Waals surface area contributed by atoms with Crippen molar-refractivity contribution < 1.29 is 0 Å². The van der Waals surface area contributed by atoms with Gasteiger partial charge in [-0.3, -0.25) is 4.98 Å². The molecule has 0 amide bonds. The predicted molar refractivity (Wildman–Crippen MR) is 42.5 cm³/mol. The molecule has 1 aromatic heterocycles. The lowest BCUT2D eigenvalue weighted by Crippen LogP contribution is -1.92. The largest absolute Gasteiger partial charge is 0.382 e. The van der Waals surface area contributed by atoms with Crippen LogP contribution in [0.15, 0.2) is 12.4 Å². The highest BCUT2D eigenvalue weighted by molar-refractivity contribution is 5.28. The predicted octanol–water partition coefficient (Wildman–Crippen LogP) is 0.957. The lowest BCUT2D eigenvalue weighted by molar-refractivity contribution is 1.17. The summed E-state index contributed by atoms with van der Waals surface area (Å²) in [6, 6.07) is 1.81. The number of nitrogen functional groups attached to an aromatic ring is 1. The van der Waals surface area contributed by atoms with Gasteiger partial charge in [-0.25, -0.2) is 4.98 Å². The molecule has 0 aliphatic carbocycles. The zero-order valence-electron chi connectivity index (χ0n) is 6.57. The van der Waals surface area contributed by atoms with Gasteiger partial charge in [0.25, 0.3) is 0 Å². The van der Waals surface area contributed by atoms with Gasteiger partial charge in [-0.1, -0.05) is 13.8 Å². The average molecular weight is 150 g/mol. The molecule has 1 heterocycles. The standard InChI is InChI=1S/C5H4N4.C2H6/c6-1-4-2-8-3-5(7)9-4;1-2/h2-3H,(H2,7,9);1-2H3. The quantitative estimate of drug-likeness (QED) is 0.597. The van der Waals surface area contributed by atoms with Crippen LogP contribution in [0.25, 0.3) is 0 Å². The second kappa shape index (κ2) is 5.18. The lowest BCUT2D eigenvalue weighted by Gasteiger charge is -1.87. The van der Waals surface area contributed by atoms with Crippen LogP contribution >= 0.6 is 0 Å². The Morgan fingerprint density at radius 2 is 2.09 bits per heavy atom. The van der Waals surface area contributed by atoms with Crippen LogP contribution in [0.2, 0.25) is 0 Å². The van der Waals surface area contributed by atoms with Crippen LogP contribution < -0.4 is 5.73 Å². The number of hydrogen-bond donors (Lipinski definition) is 1. The highest BCUT2D eigenvalue weighted by atomic mass is 14.9. The maximum atomic E-state index is 8.25. The summed E-state index contributed by atoms with van der Waals surface area (Å²) in [4.78, 5) is 7.29. The molecule has 0 aromatic carbocycles. The Morgan fingerprint density at radius 1 is 1.45 bits per heavy atom. The third-order valence-electron chi connectivity index (χ3n) is 0.768. The van der Waals surface area contributed by atoms with Crippen LogP contribution in [-0.2, 0) is 0 Å². The summed E-state index contributed by atoms with van der Waals surface area (Å²) in [5.74, 6) is 0.272. The number of anilines is 1. The Balaban J connectivity index is 0.000000461. The molecule has 1 aromatic rings. The van der Waals surface area contributed by atoms with Crippen molar-refractivity contribution in [3.05, 3.63) is 18.1 Å². The van der Waals surface area contributed by atoms with E-state index in [1.165, 1.54) is 12.4 Å². The smallest absolute Gasteiger partial charge is 0.161 e. The Kier molecular flexibility index (Phi) is 4.41.